The van der Waals surface area contributed by atoms with E-state index in [2.05, 4.69) is 15.0 Å². The van der Waals surface area contributed by atoms with Crippen LogP contribution in [-0.4, -0.2) is 51.4 Å². The van der Waals surface area contributed by atoms with Crippen molar-refractivity contribution >= 4 is 40.1 Å². The van der Waals surface area contributed by atoms with Gasteiger partial charge in [-0.15, -0.1) is 0 Å². The van der Waals surface area contributed by atoms with E-state index in [1.807, 2.05) is 6.92 Å². The summed E-state index contributed by atoms with van der Waals surface area (Å²) >= 11 is 1.03. The van der Waals surface area contributed by atoms with Crippen molar-refractivity contribution < 1.29 is 9.53 Å². The van der Waals surface area contributed by atoms with Crippen molar-refractivity contribution in [1.29, 1.82) is 0 Å². The van der Waals surface area contributed by atoms with Crippen LogP contribution < -0.4 is 27.4 Å². The van der Waals surface area contributed by atoms with Gasteiger partial charge in [0.05, 0.1) is 23.3 Å². The fraction of sp³-hybridized carbons (Fsp3) is 0.381. The first-order valence-electron chi connectivity index (χ1n) is 10.4. The predicted octanol–water partition coefficient (Wildman–Crippen LogP) is 0.927. The minimum atomic E-state index is -0.753. The number of methoxy groups -OCH3 is 1. The van der Waals surface area contributed by atoms with E-state index in [0.29, 0.717) is 23.9 Å². The molecule has 0 spiro atoms. The van der Waals surface area contributed by atoms with Gasteiger partial charge in [0, 0.05) is 20.2 Å². The third kappa shape index (κ3) is 5.52. The number of anilines is 2. The molecule has 33 heavy (non-hydrogen) atoms. The van der Waals surface area contributed by atoms with Crippen LogP contribution in [0.2, 0.25) is 0 Å². The Bertz CT molecular complexity index is 1310. The SMILES string of the molecule is CCCCn1c(N)c(N(CCOC)C(=O)CSc2nc3ccccc3c(=O)[nH]2)c(=O)[nH]c1=O. The molecule has 0 radical (unpaired) electrons. The van der Waals surface area contributed by atoms with Gasteiger partial charge in [0.2, 0.25) is 5.91 Å². The minimum Gasteiger partial charge on any atom is -0.383 e. The Hall–Kier alpha value is -3.38. The Morgan fingerprint density at radius 2 is 1.97 bits per heavy atom. The van der Waals surface area contributed by atoms with Crippen LogP contribution in [0.4, 0.5) is 11.5 Å². The third-order valence-corrected chi connectivity index (χ3v) is 5.82. The number of rotatable bonds is 10. The molecule has 0 saturated carbocycles. The van der Waals surface area contributed by atoms with Gasteiger partial charge in [-0.05, 0) is 18.6 Å². The number of ether oxygens (including phenoxy) is 1. The molecule has 0 fully saturated rings. The molecule has 0 atom stereocenters. The lowest BCUT2D eigenvalue weighted by Crippen LogP contribution is -2.43. The summed E-state index contributed by atoms with van der Waals surface area (Å²) in [6.07, 6.45) is 1.50. The van der Waals surface area contributed by atoms with Crippen LogP contribution in [-0.2, 0) is 16.1 Å². The van der Waals surface area contributed by atoms with Crippen LogP contribution in [0.25, 0.3) is 10.9 Å². The summed E-state index contributed by atoms with van der Waals surface area (Å²) < 4.78 is 6.34. The number of carbonyl (C=O) groups excluding carboxylic acids is 1. The highest BCUT2D eigenvalue weighted by atomic mass is 32.2. The minimum absolute atomic E-state index is 0.0524. The number of nitrogens with zero attached hydrogens (tertiary/aromatic N) is 3. The number of nitrogens with one attached hydrogen (secondary N) is 2. The Labute approximate surface area is 193 Å². The second kappa shape index (κ2) is 11.0. The maximum atomic E-state index is 13.1. The molecular formula is C21H26N6O5S. The van der Waals surface area contributed by atoms with E-state index in [1.165, 1.54) is 16.6 Å². The van der Waals surface area contributed by atoms with E-state index >= 15 is 0 Å². The molecule has 0 saturated heterocycles. The number of carbonyl (C=O) groups is 1. The maximum absolute atomic E-state index is 13.1. The zero-order valence-electron chi connectivity index (χ0n) is 18.4. The number of benzene rings is 1. The normalized spacial score (nSPS) is 11.1. The first kappa shape index (κ1) is 24.3. The average molecular weight is 475 g/mol. The van der Waals surface area contributed by atoms with E-state index in [-0.39, 0.29) is 41.1 Å². The number of unbranched alkanes of at least 4 members (excludes halogenated alkanes) is 1. The molecule has 0 aliphatic carbocycles. The van der Waals surface area contributed by atoms with Crippen molar-refractivity contribution in [2.75, 3.05) is 36.6 Å². The van der Waals surface area contributed by atoms with E-state index in [1.54, 1.807) is 24.3 Å². The highest BCUT2D eigenvalue weighted by molar-refractivity contribution is 7.99. The number of hydrogen-bond donors (Lipinski definition) is 3. The quantitative estimate of drug-likeness (QED) is 0.289. The molecule has 12 heteroatoms. The lowest BCUT2D eigenvalue weighted by atomic mass is 10.2. The lowest BCUT2D eigenvalue weighted by molar-refractivity contribution is -0.116. The number of nitrogens with two attached hydrogens (primary N) is 1. The molecule has 2 heterocycles. The molecule has 0 unspecified atom stereocenters. The van der Waals surface area contributed by atoms with Crippen LogP contribution in [0, 0.1) is 0 Å². The van der Waals surface area contributed by atoms with E-state index in [4.69, 9.17) is 10.5 Å². The van der Waals surface area contributed by atoms with Crippen molar-refractivity contribution in [3.05, 3.63) is 55.5 Å². The van der Waals surface area contributed by atoms with Crippen LogP contribution >= 0.6 is 11.8 Å². The molecule has 4 N–H and O–H groups in total. The van der Waals surface area contributed by atoms with Gasteiger partial charge < -0.3 is 20.4 Å². The van der Waals surface area contributed by atoms with Crippen molar-refractivity contribution in [2.45, 2.75) is 31.5 Å². The molecule has 176 valence electrons. The number of aromatic amines is 2. The van der Waals surface area contributed by atoms with Crippen molar-refractivity contribution in [3.63, 3.8) is 0 Å². The predicted molar refractivity (Wildman–Crippen MR) is 128 cm³/mol. The first-order valence-corrected chi connectivity index (χ1v) is 11.4. The number of amides is 1. The van der Waals surface area contributed by atoms with E-state index in [0.717, 1.165) is 18.2 Å². The number of fused-ring (bicyclic) bond motifs is 1. The van der Waals surface area contributed by atoms with Crippen molar-refractivity contribution in [2.24, 2.45) is 0 Å². The van der Waals surface area contributed by atoms with Gasteiger partial charge in [0.1, 0.15) is 5.82 Å². The first-order chi connectivity index (χ1) is 15.9. The summed E-state index contributed by atoms with van der Waals surface area (Å²) in [6.45, 7) is 2.48. The summed E-state index contributed by atoms with van der Waals surface area (Å²) in [4.78, 5) is 60.7. The van der Waals surface area contributed by atoms with Crippen LogP contribution in [0.1, 0.15) is 19.8 Å². The molecule has 0 aliphatic heterocycles. The Morgan fingerprint density at radius 1 is 1.21 bits per heavy atom. The summed E-state index contributed by atoms with van der Waals surface area (Å²) in [5.74, 6) is -0.660. The Balaban J connectivity index is 1.90. The molecule has 11 nitrogen and oxygen atoms in total. The van der Waals surface area contributed by atoms with E-state index < -0.39 is 17.2 Å². The number of hydrogen-bond acceptors (Lipinski definition) is 8. The van der Waals surface area contributed by atoms with Crippen LogP contribution in [0.15, 0.2) is 43.8 Å². The van der Waals surface area contributed by atoms with Gasteiger partial charge in [0.15, 0.2) is 10.8 Å². The Morgan fingerprint density at radius 3 is 2.70 bits per heavy atom. The van der Waals surface area contributed by atoms with Gasteiger partial charge in [-0.1, -0.05) is 37.2 Å². The second-order valence-electron chi connectivity index (χ2n) is 7.21. The average Bonchev–Trinajstić information content (AvgIpc) is 2.79. The molecule has 0 aliphatic rings. The van der Waals surface area contributed by atoms with Crippen molar-refractivity contribution in [3.8, 4) is 0 Å². The van der Waals surface area contributed by atoms with Crippen molar-refractivity contribution in [1.82, 2.24) is 19.5 Å². The van der Waals surface area contributed by atoms with Gasteiger partial charge in [-0.2, -0.15) is 0 Å². The highest BCUT2D eigenvalue weighted by Gasteiger charge is 2.24. The van der Waals surface area contributed by atoms with Gasteiger partial charge in [-0.25, -0.2) is 9.78 Å². The zero-order valence-corrected chi connectivity index (χ0v) is 19.2. The smallest absolute Gasteiger partial charge is 0.330 e. The number of aromatic nitrogens is 4. The molecule has 1 amide bonds. The highest BCUT2D eigenvalue weighted by Crippen LogP contribution is 2.20. The standard InChI is InChI=1S/C21H26N6O5S/c1-3-4-9-27-17(22)16(19(30)25-21(27)31)26(10-11-32-2)15(28)12-33-20-23-14-8-6-5-7-13(14)18(29)24-20/h5-8H,3-4,9-12,22H2,1-2H3,(H,23,24,29)(H,25,30,31). The number of H-pyrrole nitrogens is 2. The second-order valence-corrected chi connectivity index (χ2v) is 8.18. The molecule has 1 aromatic carbocycles. The fourth-order valence-corrected chi connectivity index (χ4v) is 4.01. The molecule has 0 bridgehead atoms. The van der Waals surface area contributed by atoms with E-state index in [9.17, 15) is 19.2 Å². The largest absolute Gasteiger partial charge is 0.383 e. The monoisotopic (exact) mass is 474 g/mol. The summed E-state index contributed by atoms with van der Waals surface area (Å²) in [5, 5.41) is 0.720. The third-order valence-electron chi connectivity index (χ3n) is 4.96. The molecule has 2 aromatic heterocycles. The van der Waals surface area contributed by atoms with Crippen LogP contribution in [0.5, 0.6) is 0 Å². The van der Waals surface area contributed by atoms with Gasteiger partial charge in [0.25, 0.3) is 11.1 Å². The summed E-state index contributed by atoms with van der Waals surface area (Å²) in [7, 11) is 1.47. The lowest BCUT2D eigenvalue weighted by Gasteiger charge is -2.24. The summed E-state index contributed by atoms with van der Waals surface area (Å²) in [6, 6.07) is 6.88. The zero-order chi connectivity index (χ0) is 24.0. The van der Waals surface area contributed by atoms with Crippen LogP contribution in [0.3, 0.4) is 0 Å². The molecule has 3 aromatic rings. The number of nitrogen functional groups attached to an aromatic ring is 1. The fourth-order valence-electron chi connectivity index (χ4n) is 3.26. The molecular weight excluding hydrogens is 448 g/mol. The number of para-hydroxylation sites is 1. The molecule has 3 rings (SSSR count). The maximum Gasteiger partial charge on any atom is 0.330 e. The topological polar surface area (TPSA) is 156 Å². The van der Waals surface area contributed by atoms with Gasteiger partial charge in [-0.3, -0.25) is 23.9 Å². The van der Waals surface area contributed by atoms with Gasteiger partial charge >= 0.3 is 5.69 Å². The Kier molecular flexibility index (Phi) is 8.06. The number of thioether (sulfide) groups is 1. The summed E-state index contributed by atoms with van der Waals surface area (Å²) in [5.41, 5.74) is 4.89.